The molecule has 0 bridgehead atoms. The Kier molecular flexibility index (Phi) is 3.76. The summed E-state index contributed by atoms with van der Waals surface area (Å²) in [6, 6.07) is 6.38. The van der Waals surface area contributed by atoms with Gasteiger partial charge in [-0.2, -0.15) is 0 Å². The van der Waals surface area contributed by atoms with Crippen molar-refractivity contribution >= 4 is 26.8 Å². The Hall–Kier alpha value is -1.06. The SMILES string of the molecule is C/C=C/CCC1OCCc2c1[nH]c1c(Br)cccc21. The molecule has 2 heterocycles. The van der Waals surface area contributed by atoms with Crippen molar-refractivity contribution in [3.05, 3.63) is 46.1 Å². The van der Waals surface area contributed by atoms with Crippen LogP contribution >= 0.6 is 15.9 Å². The number of hydrogen-bond donors (Lipinski definition) is 1. The Labute approximate surface area is 122 Å². The van der Waals surface area contributed by atoms with Crippen LogP contribution in [0, 0.1) is 0 Å². The molecule has 1 aliphatic rings. The largest absolute Gasteiger partial charge is 0.372 e. The van der Waals surface area contributed by atoms with Gasteiger partial charge in [-0.1, -0.05) is 24.3 Å². The van der Waals surface area contributed by atoms with Crippen LogP contribution in [0.2, 0.25) is 0 Å². The molecule has 1 unspecified atom stereocenters. The predicted octanol–water partition coefficient (Wildman–Crippen LogP) is 4.90. The van der Waals surface area contributed by atoms with Crippen molar-refractivity contribution < 1.29 is 4.74 Å². The standard InChI is InChI=1S/C16H18BrNO/c1-2-3-4-8-14-16-12(9-10-19-14)11-6-5-7-13(17)15(11)18-16/h2-3,5-7,14,18H,4,8-10H2,1H3/b3-2+. The molecule has 1 aliphatic heterocycles. The van der Waals surface area contributed by atoms with E-state index in [2.05, 4.69) is 58.2 Å². The number of nitrogens with one attached hydrogen (secondary N) is 1. The van der Waals surface area contributed by atoms with E-state index in [0.29, 0.717) is 0 Å². The van der Waals surface area contributed by atoms with Gasteiger partial charge < -0.3 is 9.72 Å². The molecule has 2 aromatic rings. The minimum atomic E-state index is 0.208. The zero-order chi connectivity index (χ0) is 13.2. The number of aromatic amines is 1. The quantitative estimate of drug-likeness (QED) is 0.799. The molecule has 0 fully saturated rings. The second-order valence-corrected chi connectivity index (χ2v) is 5.79. The lowest BCUT2D eigenvalue weighted by Crippen LogP contribution is -2.15. The summed E-state index contributed by atoms with van der Waals surface area (Å²) < 4.78 is 7.07. The van der Waals surface area contributed by atoms with Crippen molar-refractivity contribution in [2.45, 2.75) is 32.3 Å². The normalized spacial score (nSPS) is 19.2. The highest BCUT2D eigenvalue weighted by molar-refractivity contribution is 9.10. The van der Waals surface area contributed by atoms with E-state index >= 15 is 0 Å². The van der Waals surface area contributed by atoms with Gasteiger partial charge in [-0.05, 0) is 53.7 Å². The molecule has 1 N–H and O–H groups in total. The van der Waals surface area contributed by atoms with E-state index in [-0.39, 0.29) is 6.10 Å². The molecule has 0 spiro atoms. The monoisotopic (exact) mass is 319 g/mol. The maximum absolute atomic E-state index is 5.94. The summed E-state index contributed by atoms with van der Waals surface area (Å²) in [5.41, 5.74) is 3.92. The van der Waals surface area contributed by atoms with Crippen LogP contribution in [0.5, 0.6) is 0 Å². The minimum Gasteiger partial charge on any atom is -0.372 e. The summed E-state index contributed by atoms with van der Waals surface area (Å²) in [6.07, 6.45) is 7.63. The van der Waals surface area contributed by atoms with Gasteiger partial charge in [0.1, 0.15) is 0 Å². The van der Waals surface area contributed by atoms with Crippen LogP contribution in [0.4, 0.5) is 0 Å². The number of para-hydroxylation sites is 1. The Morgan fingerprint density at radius 3 is 3.21 bits per heavy atom. The fourth-order valence-corrected chi connectivity index (χ4v) is 3.30. The Bertz CT molecular complexity index is 614. The average Bonchev–Trinajstić information content (AvgIpc) is 2.80. The third-order valence-electron chi connectivity index (χ3n) is 3.75. The number of H-pyrrole nitrogens is 1. The molecule has 19 heavy (non-hydrogen) atoms. The van der Waals surface area contributed by atoms with Crippen LogP contribution in [0.25, 0.3) is 10.9 Å². The first-order valence-electron chi connectivity index (χ1n) is 6.83. The van der Waals surface area contributed by atoms with Gasteiger partial charge in [-0.15, -0.1) is 0 Å². The topological polar surface area (TPSA) is 25.0 Å². The fraction of sp³-hybridized carbons (Fsp3) is 0.375. The van der Waals surface area contributed by atoms with Crippen LogP contribution in [0.15, 0.2) is 34.8 Å². The Balaban J connectivity index is 2.00. The second kappa shape index (κ2) is 5.51. The summed E-state index contributed by atoms with van der Waals surface area (Å²) >= 11 is 3.62. The number of ether oxygens (including phenoxy) is 1. The van der Waals surface area contributed by atoms with Crippen molar-refractivity contribution in [2.75, 3.05) is 6.61 Å². The van der Waals surface area contributed by atoms with E-state index in [1.165, 1.54) is 22.2 Å². The number of halogens is 1. The molecule has 0 aliphatic carbocycles. The zero-order valence-electron chi connectivity index (χ0n) is 11.1. The maximum Gasteiger partial charge on any atom is 0.0978 e. The van der Waals surface area contributed by atoms with Crippen molar-refractivity contribution in [3.63, 3.8) is 0 Å². The van der Waals surface area contributed by atoms with E-state index in [4.69, 9.17) is 4.74 Å². The molecule has 1 atom stereocenters. The minimum absolute atomic E-state index is 0.208. The smallest absolute Gasteiger partial charge is 0.0978 e. The number of benzene rings is 1. The van der Waals surface area contributed by atoms with Gasteiger partial charge in [0.15, 0.2) is 0 Å². The highest BCUT2D eigenvalue weighted by Gasteiger charge is 2.24. The van der Waals surface area contributed by atoms with E-state index < -0.39 is 0 Å². The van der Waals surface area contributed by atoms with Gasteiger partial charge >= 0.3 is 0 Å². The summed E-state index contributed by atoms with van der Waals surface area (Å²) in [7, 11) is 0. The van der Waals surface area contributed by atoms with E-state index in [1.54, 1.807) is 0 Å². The zero-order valence-corrected chi connectivity index (χ0v) is 12.7. The number of aromatic nitrogens is 1. The summed E-state index contributed by atoms with van der Waals surface area (Å²) in [5, 5.41) is 1.34. The van der Waals surface area contributed by atoms with Crippen LogP contribution in [0.1, 0.15) is 37.1 Å². The van der Waals surface area contributed by atoms with Crippen molar-refractivity contribution in [1.29, 1.82) is 0 Å². The highest BCUT2D eigenvalue weighted by atomic mass is 79.9. The van der Waals surface area contributed by atoms with E-state index in [1.807, 2.05) is 0 Å². The molecule has 3 heteroatoms. The average molecular weight is 320 g/mol. The molecule has 1 aromatic carbocycles. The molecular formula is C16H18BrNO. The number of fused-ring (bicyclic) bond motifs is 3. The molecule has 0 radical (unpaired) electrons. The maximum atomic E-state index is 5.94. The molecule has 2 nitrogen and oxygen atoms in total. The Morgan fingerprint density at radius 2 is 2.37 bits per heavy atom. The first kappa shape index (κ1) is 12.9. The molecule has 3 rings (SSSR count). The first-order valence-corrected chi connectivity index (χ1v) is 7.62. The third kappa shape index (κ3) is 2.37. The summed E-state index contributed by atoms with van der Waals surface area (Å²) in [6.45, 7) is 2.89. The highest BCUT2D eigenvalue weighted by Crippen LogP contribution is 2.37. The fourth-order valence-electron chi connectivity index (χ4n) is 2.83. The van der Waals surface area contributed by atoms with Gasteiger partial charge in [0.2, 0.25) is 0 Å². The van der Waals surface area contributed by atoms with Gasteiger partial charge in [-0.3, -0.25) is 0 Å². The number of rotatable bonds is 3. The van der Waals surface area contributed by atoms with Crippen molar-refractivity contribution in [2.24, 2.45) is 0 Å². The molecular weight excluding hydrogens is 302 g/mol. The lowest BCUT2D eigenvalue weighted by atomic mass is 10.00. The summed E-state index contributed by atoms with van der Waals surface area (Å²) in [5.74, 6) is 0. The third-order valence-corrected chi connectivity index (χ3v) is 4.41. The van der Waals surface area contributed by atoms with Crippen LogP contribution in [-0.2, 0) is 11.2 Å². The number of allylic oxidation sites excluding steroid dienone is 2. The van der Waals surface area contributed by atoms with Crippen LogP contribution < -0.4 is 0 Å². The van der Waals surface area contributed by atoms with Gasteiger partial charge in [0.25, 0.3) is 0 Å². The Morgan fingerprint density at radius 1 is 1.47 bits per heavy atom. The van der Waals surface area contributed by atoms with Crippen molar-refractivity contribution in [1.82, 2.24) is 4.98 Å². The first-order chi connectivity index (χ1) is 9.31. The van der Waals surface area contributed by atoms with Gasteiger partial charge in [-0.25, -0.2) is 0 Å². The van der Waals surface area contributed by atoms with Gasteiger partial charge in [0.05, 0.1) is 18.2 Å². The number of hydrogen-bond acceptors (Lipinski definition) is 1. The summed E-state index contributed by atoms with van der Waals surface area (Å²) in [4.78, 5) is 3.57. The molecule has 0 amide bonds. The molecule has 0 saturated carbocycles. The van der Waals surface area contributed by atoms with E-state index in [0.717, 1.165) is 30.3 Å². The van der Waals surface area contributed by atoms with Crippen LogP contribution in [0.3, 0.4) is 0 Å². The molecule has 1 aromatic heterocycles. The second-order valence-electron chi connectivity index (χ2n) is 4.94. The molecule has 100 valence electrons. The van der Waals surface area contributed by atoms with Crippen LogP contribution in [-0.4, -0.2) is 11.6 Å². The lowest BCUT2D eigenvalue weighted by molar-refractivity contribution is 0.0350. The predicted molar refractivity (Wildman–Crippen MR) is 82.4 cm³/mol. The lowest BCUT2D eigenvalue weighted by Gasteiger charge is -2.23. The van der Waals surface area contributed by atoms with Gasteiger partial charge in [0, 0.05) is 15.6 Å². The van der Waals surface area contributed by atoms with E-state index in [9.17, 15) is 0 Å². The van der Waals surface area contributed by atoms with Crippen molar-refractivity contribution in [3.8, 4) is 0 Å². The molecule has 0 saturated heterocycles.